The molecule has 14 heteroatoms. The summed E-state index contributed by atoms with van der Waals surface area (Å²) in [6.45, 7) is 1.55. The van der Waals surface area contributed by atoms with E-state index in [-0.39, 0.29) is 50.1 Å². The number of nitrogens with zero attached hydrogens (tertiary/aromatic N) is 5. The molecule has 242 valence electrons. The fourth-order valence-corrected chi connectivity index (χ4v) is 5.84. The number of nitrogens with one attached hydrogen (secondary N) is 2. The second kappa shape index (κ2) is 13.9. The van der Waals surface area contributed by atoms with Gasteiger partial charge in [0.05, 0.1) is 31.1 Å². The molecule has 1 fully saturated rings. The molecule has 46 heavy (non-hydrogen) atoms. The Balaban J connectivity index is 1.45. The molecule has 1 aliphatic rings. The number of piperidine rings is 1. The predicted octanol–water partition coefficient (Wildman–Crippen LogP) is 2.21. The van der Waals surface area contributed by atoms with Crippen molar-refractivity contribution in [2.45, 2.75) is 45.1 Å². The quantitative estimate of drug-likeness (QED) is 0.238. The molecule has 3 heterocycles. The third-order valence-electron chi connectivity index (χ3n) is 8.26. The molecule has 0 aliphatic carbocycles. The van der Waals surface area contributed by atoms with Crippen molar-refractivity contribution in [3.8, 4) is 11.1 Å². The lowest BCUT2D eigenvalue weighted by Gasteiger charge is -2.31. The van der Waals surface area contributed by atoms with E-state index in [9.17, 15) is 24.0 Å². The average molecular weight is 634 g/mol. The first-order valence-electron chi connectivity index (χ1n) is 15.0. The van der Waals surface area contributed by atoms with Gasteiger partial charge < -0.3 is 25.1 Å². The molecule has 2 N–H and O–H groups in total. The highest BCUT2D eigenvalue weighted by atomic mass is 19.1. The molecule has 0 bridgehead atoms. The number of aryl methyl sites for hydroxylation is 1. The molecule has 0 unspecified atom stereocenters. The van der Waals surface area contributed by atoms with Gasteiger partial charge in [-0.05, 0) is 31.4 Å². The maximum absolute atomic E-state index is 16.1. The average Bonchev–Trinajstić information content (AvgIpc) is 3.62. The minimum atomic E-state index is -0.615. The second-order valence-electron chi connectivity index (χ2n) is 11.4. The van der Waals surface area contributed by atoms with Gasteiger partial charge in [0, 0.05) is 55.2 Å². The van der Waals surface area contributed by atoms with Crippen LogP contribution in [0.15, 0.2) is 36.5 Å². The van der Waals surface area contributed by atoms with Crippen molar-refractivity contribution < 1.29 is 33.1 Å². The van der Waals surface area contributed by atoms with Gasteiger partial charge in [0.25, 0.3) is 0 Å². The van der Waals surface area contributed by atoms with E-state index in [4.69, 9.17) is 5.10 Å². The van der Waals surface area contributed by atoms with Crippen LogP contribution >= 0.6 is 0 Å². The molecule has 5 rings (SSSR count). The van der Waals surface area contributed by atoms with E-state index in [1.165, 1.54) is 18.7 Å². The number of hydrogen-bond acceptors (Lipinski definition) is 8. The van der Waals surface area contributed by atoms with E-state index in [0.717, 1.165) is 0 Å². The van der Waals surface area contributed by atoms with Crippen LogP contribution in [0.5, 0.6) is 0 Å². The number of halogens is 1. The van der Waals surface area contributed by atoms with Crippen LogP contribution in [0.25, 0.3) is 32.9 Å². The molecule has 1 aliphatic heterocycles. The summed E-state index contributed by atoms with van der Waals surface area (Å²) in [4.78, 5) is 62.1. The van der Waals surface area contributed by atoms with Crippen molar-refractivity contribution in [3.63, 3.8) is 0 Å². The number of amides is 3. The zero-order valence-electron chi connectivity index (χ0n) is 26.0. The zero-order chi connectivity index (χ0) is 33.0. The van der Waals surface area contributed by atoms with Gasteiger partial charge in [-0.1, -0.05) is 24.3 Å². The van der Waals surface area contributed by atoms with Gasteiger partial charge in [0.2, 0.25) is 17.7 Å². The standard InChI is InChI=1S/C32H36FN7O6/c1-19(41)7-10-27(44)39-13-11-20(12-14-39)31-29-22(23-9-8-21-15-36-38(2)32(21)30(23)33)5-4-6-24(29)40(37-31)18-26(43)34-16-25(42)35-17-28(45)46-3/h4-6,8-9,15,20H,7,10-14,16-18H2,1-3H3,(H,34,43)(H,35,42). The normalized spacial score (nSPS) is 13.6. The first-order valence-corrected chi connectivity index (χ1v) is 15.0. The van der Waals surface area contributed by atoms with Crippen molar-refractivity contribution in [3.05, 3.63) is 48.0 Å². The van der Waals surface area contributed by atoms with E-state index in [2.05, 4.69) is 20.5 Å². The third kappa shape index (κ3) is 6.90. The van der Waals surface area contributed by atoms with Gasteiger partial charge in [0.15, 0.2) is 5.82 Å². The van der Waals surface area contributed by atoms with Crippen LogP contribution in [0.3, 0.4) is 0 Å². The summed E-state index contributed by atoms with van der Waals surface area (Å²) in [5.41, 5.74) is 2.65. The van der Waals surface area contributed by atoms with Gasteiger partial charge in [-0.2, -0.15) is 10.2 Å². The van der Waals surface area contributed by atoms with E-state index in [1.54, 1.807) is 35.0 Å². The Kier molecular flexibility index (Phi) is 9.73. The fraction of sp³-hybridized carbons (Fsp3) is 0.406. The molecule has 2 aromatic carbocycles. The summed E-state index contributed by atoms with van der Waals surface area (Å²) in [6, 6.07) is 8.94. The first-order chi connectivity index (χ1) is 22.1. The number of aromatic nitrogens is 4. The first kappa shape index (κ1) is 32.3. The summed E-state index contributed by atoms with van der Waals surface area (Å²) >= 11 is 0. The van der Waals surface area contributed by atoms with Crippen LogP contribution in [0.4, 0.5) is 4.39 Å². The molecule has 1 saturated heterocycles. The number of esters is 1. The Morgan fingerprint density at radius 1 is 0.978 bits per heavy atom. The number of rotatable bonds is 11. The van der Waals surface area contributed by atoms with Crippen LogP contribution in [-0.4, -0.2) is 87.2 Å². The highest BCUT2D eigenvalue weighted by Crippen LogP contribution is 2.40. The van der Waals surface area contributed by atoms with Crippen LogP contribution in [0, 0.1) is 5.82 Å². The molecule has 2 aromatic heterocycles. The monoisotopic (exact) mass is 633 g/mol. The van der Waals surface area contributed by atoms with Crippen molar-refractivity contribution in [1.29, 1.82) is 0 Å². The van der Waals surface area contributed by atoms with Gasteiger partial charge in [-0.25, -0.2) is 4.39 Å². The molecule has 0 saturated carbocycles. The Labute approximate surface area is 264 Å². The minimum Gasteiger partial charge on any atom is -0.468 e. The number of ketones is 1. The number of likely N-dealkylation sites (tertiary alicyclic amines) is 1. The van der Waals surface area contributed by atoms with E-state index in [1.807, 2.05) is 18.2 Å². The molecule has 13 nitrogen and oxygen atoms in total. The number of carbonyl (C=O) groups is 5. The number of hydrogen-bond donors (Lipinski definition) is 2. The smallest absolute Gasteiger partial charge is 0.325 e. The van der Waals surface area contributed by atoms with Crippen LogP contribution < -0.4 is 10.6 Å². The molecular weight excluding hydrogens is 597 g/mol. The summed E-state index contributed by atoms with van der Waals surface area (Å²) in [7, 11) is 2.88. The topological polar surface area (TPSA) is 158 Å². The second-order valence-corrected chi connectivity index (χ2v) is 11.4. The number of fused-ring (bicyclic) bond motifs is 2. The Morgan fingerprint density at radius 2 is 1.72 bits per heavy atom. The Hall–Kier alpha value is -5.14. The number of ether oxygens (including phenoxy) is 1. The van der Waals surface area contributed by atoms with E-state index < -0.39 is 23.6 Å². The van der Waals surface area contributed by atoms with Gasteiger partial charge in [-0.15, -0.1) is 0 Å². The van der Waals surface area contributed by atoms with Crippen LogP contribution in [0.1, 0.15) is 44.2 Å². The fourth-order valence-electron chi connectivity index (χ4n) is 5.84. The molecule has 4 aromatic rings. The lowest BCUT2D eigenvalue weighted by atomic mass is 9.88. The highest BCUT2D eigenvalue weighted by Gasteiger charge is 2.29. The zero-order valence-corrected chi connectivity index (χ0v) is 26.0. The predicted molar refractivity (Wildman–Crippen MR) is 166 cm³/mol. The number of benzene rings is 2. The summed E-state index contributed by atoms with van der Waals surface area (Å²) in [6.07, 6.45) is 3.18. The molecule has 0 spiro atoms. The highest BCUT2D eigenvalue weighted by molar-refractivity contribution is 6.00. The van der Waals surface area contributed by atoms with Gasteiger partial charge in [-0.3, -0.25) is 28.5 Å². The summed E-state index contributed by atoms with van der Waals surface area (Å²) in [5, 5.41) is 15.3. The Bertz CT molecular complexity index is 1820. The summed E-state index contributed by atoms with van der Waals surface area (Å²) in [5.74, 6) is -2.27. The van der Waals surface area contributed by atoms with E-state index >= 15 is 4.39 Å². The molecular formula is C32H36FN7O6. The lowest BCUT2D eigenvalue weighted by Crippen LogP contribution is -2.40. The van der Waals surface area contributed by atoms with Gasteiger partial charge in [0.1, 0.15) is 24.4 Å². The Morgan fingerprint density at radius 3 is 2.43 bits per heavy atom. The number of Topliss-reactive ketones (excluding diaryl/α,β-unsaturated/α-hetero) is 1. The molecule has 0 atom stereocenters. The third-order valence-corrected chi connectivity index (χ3v) is 8.26. The van der Waals surface area contributed by atoms with Crippen molar-refractivity contribution in [2.75, 3.05) is 33.3 Å². The lowest BCUT2D eigenvalue weighted by molar-refractivity contribution is -0.141. The summed E-state index contributed by atoms with van der Waals surface area (Å²) < 4.78 is 23.6. The van der Waals surface area contributed by atoms with Crippen LogP contribution in [0.2, 0.25) is 0 Å². The van der Waals surface area contributed by atoms with Crippen molar-refractivity contribution >= 4 is 51.3 Å². The molecule has 3 amide bonds. The van der Waals surface area contributed by atoms with Crippen LogP contribution in [-0.2, 0) is 42.3 Å². The van der Waals surface area contributed by atoms with E-state index in [0.29, 0.717) is 64.6 Å². The number of carbonyl (C=O) groups excluding carboxylic acids is 5. The number of methoxy groups -OCH3 is 1. The largest absolute Gasteiger partial charge is 0.468 e. The van der Waals surface area contributed by atoms with Crippen molar-refractivity contribution in [2.24, 2.45) is 7.05 Å². The van der Waals surface area contributed by atoms with Crippen molar-refractivity contribution in [1.82, 2.24) is 35.1 Å². The maximum Gasteiger partial charge on any atom is 0.325 e. The maximum atomic E-state index is 16.1. The van der Waals surface area contributed by atoms with Gasteiger partial charge >= 0.3 is 5.97 Å². The minimum absolute atomic E-state index is 0.0322. The molecule has 0 radical (unpaired) electrons. The SMILES string of the molecule is COC(=O)CNC(=O)CNC(=O)Cn1nc(C2CCN(C(=O)CCC(C)=O)CC2)c2c(-c3ccc4cnn(C)c4c3F)cccc21.